The summed E-state index contributed by atoms with van der Waals surface area (Å²) in [7, 11) is 1.22. The van der Waals surface area contributed by atoms with E-state index in [1.807, 2.05) is 24.3 Å². The number of aromatic nitrogens is 2. The number of hydrogen-bond donors (Lipinski definition) is 2. The number of methoxy groups -OCH3 is 1. The maximum absolute atomic E-state index is 12.7. The highest BCUT2D eigenvalue weighted by Crippen LogP contribution is 2.33. The number of ether oxygens (including phenoxy) is 2. The molecule has 0 bridgehead atoms. The lowest BCUT2D eigenvalue weighted by atomic mass is 9.87. The predicted octanol–water partition coefficient (Wildman–Crippen LogP) is 3.72. The summed E-state index contributed by atoms with van der Waals surface area (Å²) in [5, 5.41) is 7.00. The first-order chi connectivity index (χ1) is 15.5. The second-order valence-electron chi connectivity index (χ2n) is 8.36. The van der Waals surface area contributed by atoms with Crippen molar-refractivity contribution < 1.29 is 23.9 Å². The molecule has 0 aliphatic rings. The van der Waals surface area contributed by atoms with Crippen LogP contribution in [0, 0.1) is 6.92 Å². The zero-order chi connectivity index (χ0) is 24.3. The largest absolute Gasteiger partial charge is 0.471 e. The van der Waals surface area contributed by atoms with Crippen molar-refractivity contribution in [2.24, 2.45) is 5.73 Å². The third kappa shape index (κ3) is 5.40. The van der Waals surface area contributed by atoms with Crippen molar-refractivity contribution >= 4 is 34.1 Å². The van der Waals surface area contributed by atoms with E-state index < -0.39 is 17.8 Å². The van der Waals surface area contributed by atoms with Crippen LogP contribution in [0.1, 0.15) is 62.4 Å². The molecular formula is C23H26N4O5S. The van der Waals surface area contributed by atoms with E-state index in [9.17, 15) is 14.4 Å². The van der Waals surface area contributed by atoms with Crippen molar-refractivity contribution in [2.45, 2.75) is 39.8 Å². The van der Waals surface area contributed by atoms with Crippen molar-refractivity contribution in [3.05, 3.63) is 63.8 Å². The van der Waals surface area contributed by atoms with E-state index in [4.69, 9.17) is 15.2 Å². The number of esters is 1. The van der Waals surface area contributed by atoms with Gasteiger partial charge in [0.25, 0.3) is 11.8 Å². The highest BCUT2D eigenvalue weighted by atomic mass is 32.1. The summed E-state index contributed by atoms with van der Waals surface area (Å²) in [5.41, 5.74) is 7.18. The zero-order valence-electron chi connectivity index (χ0n) is 19.1. The van der Waals surface area contributed by atoms with Gasteiger partial charge in [0.15, 0.2) is 12.4 Å². The highest BCUT2D eigenvalue weighted by molar-refractivity contribution is 7.18. The van der Waals surface area contributed by atoms with Crippen LogP contribution in [0.25, 0.3) is 0 Å². The van der Waals surface area contributed by atoms with Crippen molar-refractivity contribution in [3.8, 4) is 5.75 Å². The van der Waals surface area contributed by atoms with E-state index in [0.717, 1.165) is 11.3 Å². The summed E-state index contributed by atoms with van der Waals surface area (Å²) < 4.78 is 12.0. The second-order valence-corrected chi connectivity index (χ2v) is 9.38. The smallest absolute Gasteiger partial charge is 0.341 e. The second kappa shape index (κ2) is 9.45. The number of hydrogen-bond acceptors (Lipinski definition) is 7. The van der Waals surface area contributed by atoms with Crippen LogP contribution in [0.2, 0.25) is 0 Å². The maximum Gasteiger partial charge on any atom is 0.341 e. The van der Waals surface area contributed by atoms with Gasteiger partial charge < -0.3 is 20.5 Å². The molecule has 2 aromatic heterocycles. The Bertz CT molecular complexity index is 1190. The number of carbonyl (C=O) groups excluding carboxylic acids is 3. The molecule has 174 valence electrons. The molecule has 10 heteroatoms. The Labute approximate surface area is 195 Å². The van der Waals surface area contributed by atoms with Gasteiger partial charge in [0.2, 0.25) is 0 Å². The van der Waals surface area contributed by atoms with Gasteiger partial charge in [-0.15, -0.1) is 11.3 Å². The Morgan fingerprint density at radius 1 is 1.15 bits per heavy atom. The van der Waals surface area contributed by atoms with Crippen LogP contribution in [0.15, 0.2) is 36.5 Å². The number of nitrogens with one attached hydrogen (secondary N) is 1. The van der Waals surface area contributed by atoms with Crippen LogP contribution >= 0.6 is 11.3 Å². The minimum absolute atomic E-state index is 0.0514. The molecule has 0 aliphatic heterocycles. The van der Waals surface area contributed by atoms with Gasteiger partial charge in [0, 0.05) is 6.20 Å². The van der Waals surface area contributed by atoms with Crippen LogP contribution in [0.3, 0.4) is 0 Å². The van der Waals surface area contributed by atoms with E-state index in [-0.39, 0.29) is 33.3 Å². The Kier molecular flexibility index (Phi) is 6.87. The monoisotopic (exact) mass is 470 g/mol. The lowest BCUT2D eigenvalue weighted by molar-refractivity contribution is 0.0601. The van der Waals surface area contributed by atoms with Crippen LogP contribution < -0.4 is 15.8 Å². The average molecular weight is 471 g/mol. The van der Waals surface area contributed by atoms with Gasteiger partial charge in [-0.05, 0) is 41.7 Å². The fourth-order valence-electron chi connectivity index (χ4n) is 3.10. The van der Waals surface area contributed by atoms with Crippen molar-refractivity contribution in [2.75, 3.05) is 12.4 Å². The van der Waals surface area contributed by atoms with Gasteiger partial charge in [0.1, 0.15) is 10.8 Å². The fraction of sp³-hybridized carbons (Fsp3) is 0.304. The molecule has 0 spiro atoms. The molecule has 33 heavy (non-hydrogen) atoms. The topological polar surface area (TPSA) is 126 Å². The van der Waals surface area contributed by atoms with E-state index in [2.05, 4.69) is 31.2 Å². The predicted molar refractivity (Wildman–Crippen MR) is 125 cm³/mol. The van der Waals surface area contributed by atoms with E-state index in [1.165, 1.54) is 23.4 Å². The Morgan fingerprint density at radius 3 is 2.39 bits per heavy atom. The first-order valence-corrected chi connectivity index (χ1v) is 10.9. The third-order valence-electron chi connectivity index (χ3n) is 4.94. The first kappa shape index (κ1) is 24.0. The summed E-state index contributed by atoms with van der Waals surface area (Å²) in [6.45, 7) is 8.09. The van der Waals surface area contributed by atoms with E-state index in [0.29, 0.717) is 11.3 Å². The van der Waals surface area contributed by atoms with Crippen LogP contribution in [0.5, 0.6) is 5.75 Å². The number of carbonyl (C=O) groups is 3. The Hall–Kier alpha value is -3.66. The minimum atomic E-state index is -0.694. The SMILES string of the molecule is COC(=O)c1c(NC(=O)c2ccn(COc3ccc(C(C)(C)C)cc3)n2)sc(C(N)=O)c1C. The highest BCUT2D eigenvalue weighted by Gasteiger charge is 2.26. The van der Waals surface area contributed by atoms with E-state index in [1.54, 1.807) is 13.1 Å². The first-order valence-electron chi connectivity index (χ1n) is 10.1. The molecule has 0 fully saturated rings. The van der Waals surface area contributed by atoms with Gasteiger partial charge in [-0.1, -0.05) is 32.9 Å². The maximum atomic E-state index is 12.7. The molecule has 1 aromatic carbocycles. The van der Waals surface area contributed by atoms with Crippen molar-refractivity contribution in [1.29, 1.82) is 0 Å². The number of amides is 2. The molecule has 9 nitrogen and oxygen atoms in total. The van der Waals surface area contributed by atoms with Crippen molar-refractivity contribution in [1.82, 2.24) is 9.78 Å². The molecule has 3 aromatic rings. The van der Waals surface area contributed by atoms with Crippen LogP contribution in [-0.4, -0.2) is 34.7 Å². The molecule has 0 saturated carbocycles. The molecule has 2 heterocycles. The van der Waals surface area contributed by atoms with Gasteiger partial charge >= 0.3 is 5.97 Å². The molecule has 0 unspecified atom stereocenters. The number of nitrogens with two attached hydrogens (primary N) is 1. The summed E-state index contributed by atoms with van der Waals surface area (Å²) in [5.74, 6) is -1.24. The van der Waals surface area contributed by atoms with Gasteiger partial charge in [-0.3, -0.25) is 9.59 Å². The molecule has 3 rings (SSSR count). The molecule has 0 atom stereocenters. The minimum Gasteiger partial charge on any atom is -0.471 e. The molecule has 0 radical (unpaired) electrons. The Morgan fingerprint density at radius 2 is 1.82 bits per heavy atom. The normalized spacial score (nSPS) is 11.2. The lowest BCUT2D eigenvalue weighted by Gasteiger charge is -2.19. The average Bonchev–Trinajstić information content (AvgIpc) is 3.36. The van der Waals surface area contributed by atoms with Gasteiger partial charge in [-0.2, -0.15) is 5.10 Å². The number of anilines is 1. The summed E-state index contributed by atoms with van der Waals surface area (Å²) in [6, 6.07) is 9.33. The summed E-state index contributed by atoms with van der Waals surface area (Å²) >= 11 is 0.911. The van der Waals surface area contributed by atoms with Crippen LogP contribution in [-0.2, 0) is 16.9 Å². The van der Waals surface area contributed by atoms with Gasteiger partial charge in [-0.25, -0.2) is 9.48 Å². The standard InChI is InChI=1S/C23H26N4O5S/c1-13-17(22(30)31-5)21(33-18(13)19(24)28)25-20(29)16-10-11-27(26-16)12-32-15-8-6-14(7-9-15)23(2,3)4/h6-11H,12H2,1-5H3,(H2,24,28)(H,25,29). The lowest BCUT2D eigenvalue weighted by Crippen LogP contribution is -2.16. The summed E-state index contributed by atoms with van der Waals surface area (Å²) in [6.07, 6.45) is 1.61. The number of thiophene rings is 1. The number of nitrogens with zero attached hydrogens (tertiary/aromatic N) is 2. The van der Waals surface area contributed by atoms with Crippen LogP contribution in [0.4, 0.5) is 5.00 Å². The quantitative estimate of drug-likeness (QED) is 0.507. The molecule has 3 N–H and O–H groups in total. The van der Waals surface area contributed by atoms with E-state index >= 15 is 0 Å². The number of primary amides is 1. The molecule has 2 amide bonds. The zero-order valence-corrected chi connectivity index (χ0v) is 19.9. The number of benzene rings is 1. The summed E-state index contributed by atoms with van der Waals surface area (Å²) in [4.78, 5) is 36.7. The van der Waals surface area contributed by atoms with Gasteiger partial charge in [0.05, 0.1) is 17.6 Å². The number of rotatable bonds is 7. The molecule has 0 saturated heterocycles. The van der Waals surface area contributed by atoms with Crippen molar-refractivity contribution in [3.63, 3.8) is 0 Å². The third-order valence-corrected chi connectivity index (χ3v) is 6.17. The molecule has 0 aliphatic carbocycles. The fourth-order valence-corrected chi connectivity index (χ4v) is 4.14. The molecular weight excluding hydrogens is 444 g/mol. The Balaban J connectivity index is 1.70.